The molecule has 1 aliphatic rings. The molecule has 0 atom stereocenters. The van der Waals surface area contributed by atoms with Crippen molar-refractivity contribution in [1.82, 2.24) is 4.98 Å². The van der Waals surface area contributed by atoms with Crippen LogP contribution in [0.3, 0.4) is 0 Å². The van der Waals surface area contributed by atoms with Gasteiger partial charge in [-0.3, -0.25) is 0 Å². The van der Waals surface area contributed by atoms with Crippen molar-refractivity contribution in [2.45, 2.75) is 45.4 Å². The summed E-state index contributed by atoms with van der Waals surface area (Å²) < 4.78 is 0. The summed E-state index contributed by atoms with van der Waals surface area (Å²) in [6, 6.07) is 0. The van der Waals surface area contributed by atoms with Gasteiger partial charge in [-0.1, -0.05) is 26.7 Å². The van der Waals surface area contributed by atoms with Crippen LogP contribution in [0.1, 0.15) is 51.1 Å². The number of rotatable bonds is 4. The number of hydrogen-bond acceptors (Lipinski definition) is 3. The van der Waals surface area contributed by atoms with E-state index in [0.29, 0.717) is 5.92 Å². The Morgan fingerprint density at radius 2 is 2.20 bits per heavy atom. The molecule has 1 aromatic heterocycles. The second kappa shape index (κ2) is 4.97. The Morgan fingerprint density at radius 1 is 1.47 bits per heavy atom. The monoisotopic (exact) mass is 224 g/mol. The Labute approximate surface area is 96.1 Å². The largest absolute Gasteiger partial charge is 0.361 e. The minimum Gasteiger partial charge on any atom is -0.361 e. The first-order chi connectivity index (χ1) is 7.25. The van der Waals surface area contributed by atoms with E-state index in [-0.39, 0.29) is 0 Å². The van der Waals surface area contributed by atoms with Crippen LogP contribution < -0.4 is 5.32 Å². The summed E-state index contributed by atoms with van der Waals surface area (Å²) in [5.74, 6) is 1.43. The quantitative estimate of drug-likeness (QED) is 0.839. The van der Waals surface area contributed by atoms with Gasteiger partial charge in [0.25, 0.3) is 0 Å². The Balaban J connectivity index is 1.91. The van der Waals surface area contributed by atoms with E-state index in [2.05, 4.69) is 29.5 Å². The maximum Gasteiger partial charge on any atom is 0.182 e. The van der Waals surface area contributed by atoms with E-state index < -0.39 is 0 Å². The third-order valence-corrected chi connectivity index (χ3v) is 3.78. The average molecular weight is 224 g/mol. The van der Waals surface area contributed by atoms with Crippen molar-refractivity contribution < 1.29 is 0 Å². The Morgan fingerprint density at radius 3 is 2.87 bits per heavy atom. The summed E-state index contributed by atoms with van der Waals surface area (Å²) in [4.78, 5) is 4.67. The molecule has 3 heteroatoms. The molecule has 0 unspecified atom stereocenters. The summed E-state index contributed by atoms with van der Waals surface area (Å²) in [7, 11) is 0. The molecule has 1 aliphatic carbocycles. The zero-order valence-corrected chi connectivity index (χ0v) is 10.4. The van der Waals surface area contributed by atoms with Crippen molar-refractivity contribution >= 4 is 16.5 Å². The number of nitrogens with one attached hydrogen (secondary N) is 1. The van der Waals surface area contributed by atoms with Gasteiger partial charge < -0.3 is 5.32 Å². The summed E-state index contributed by atoms with van der Waals surface area (Å²) in [6.45, 7) is 5.47. The predicted molar refractivity (Wildman–Crippen MR) is 66.7 cm³/mol. The topological polar surface area (TPSA) is 24.9 Å². The molecule has 1 aromatic rings. The number of thiazole rings is 1. The van der Waals surface area contributed by atoms with Gasteiger partial charge in [-0.15, -0.1) is 11.3 Å². The number of nitrogens with zero attached hydrogens (tertiary/aromatic N) is 1. The molecule has 0 bridgehead atoms. The van der Waals surface area contributed by atoms with Crippen LogP contribution in [-0.2, 0) is 0 Å². The second-order valence-corrected chi connectivity index (χ2v) is 5.69. The van der Waals surface area contributed by atoms with Crippen LogP contribution >= 0.6 is 11.3 Å². The van der Waals surface area contributed by atoms with Crippen LogP contribution in [0.4, 0.5) is 5.13 Å². The van der Waals surface area contributed by atoms with Gasteiger partial charge in [-0.05, 0) is 18.8 Å². The third kappa shape index (κ3) is 2.94. The third-order valence-electron chi connectivity index (χ3n) is 2.96. The summed E-state index contributed by atoms with van der Waals surface area (Å²) in [5, 5.41) is 6.73. The highest BCUT2D eigenvalue weighted by molar-refractivity contribution is 7.13. The van der Waals surface area contributed by atoms with Crippen LogP contribution in [-0.4, -0.2) is 11.5 Å². The Kier molecular flexibility index (Phi) is 3.62. The van der Waals surface area contributed by atoms with Crippen molar-refractivity contribution in [2.75, 3.05) is 11.9 Å². The van der Waals surface area contributed by atoms with Gasteiger partial charge in [0.05, 0.1) is 5.69 Å². The second-order valence-electron chi connectivity index (χ2n) is 4.83. The maximum atomic E-state index is 4.67. The standard InChI is InChI=1S/C12H20N2S/c1-9(2)7-13-12-14-11(8-15-12)10-5-3-4-6-10/h8-10H,3-7H2,1-2H3,(H,13,14). The lowest BCUT2D eigenvalue weighted by atomic mass is 10.1. The molecule has 0 aromatic carbocycles. The molecule has 0 aliphatic heterocycles. The van der Waals surface area contributed by atoms with Gasteiger partial charge in [-0.2, -0.15) is 0 Å². The predicted octanol–water partition coefficient (Wildman–Crippen LogP) is 3.87. The fourth-order valence-corrected chi connectivity index (χ4v) is 2.87. The van der Waals surface area contributed by atoms with Crippen LogP contribution in [0, 0.1) is 5.92 Å². The lowest BCUT2D eigenvalue weighted by Crippen LogP contribution is -2.07. The highest BCUT2D eigenvalue weighted by Gasteiger charge is 2.19. The van der Waals surface area contributed by atoms with Gasteiger partial charge in [0.1, 0.15) is 0 Å². The molecular weight excluding hydrogens is 204 g/mol. The van der Waals surface area contributed by atoms with Gasteiger partial charge in [0.2, 0.25) is 0 Å². The van der Waals surface area contributed by atoms with Gasteiger partial charge in [-0.25, -0.2) is 4.98 Å². The molecule has 15 heavy (non-hydrogen) atoms. The molecule has 1 heterocycles. The number of hydrogen-bond donors (Lipinski definition) is 1. The molecule has 2 rings (SSSR count). The lowest BCUT2D eigenvalue weighted by molar-refractivity contribution is 0.683. The highest BCUT2D eigenvalue weighted by atomic mass is 32.1. The SMILES string of the molecule is CC(C)CNc1nc(C2CCCC2)cs1. The fraction of sp³-hybridized carbons (Fsp3) is 0.750. The minimum absolute atomic E-state index is 0.684. The summed E-state index contributed by atoms with van der Waals surface area (Å²) in [5.41, 5.74) is 1.32. The van der Waals surface area contributed by atoms with Crippen molar-refractivity contribution in [1.29, 1.82) is 0 Å². The van der Waals surface area contributed by atoms with Crippen molar-refractivity contribution in [3.8, 4) is 0 Å². The Hall–Kier alpha value is -0.570. The fourth-order valence-electron chi connectivity index (χ4n) is 2.07. The Bertz CT molecular complexity index is 300. The van der Waals surface area contributed by atoms with Gasteiger partial charge in [0, 0.05) is 17.8 Å². The minimum atomic E-state index is 0.684. The zero-order chi connectivity index (χ0) is 10.7. The molecule has 1 fully saturated rings. The average Bonchev–Trinajstić information content (AvgIpc) is 2.85. The number of anilines is 1. The van der Waals surface area contributed by atoms with E-state index in [1.54, 1.807) is 11.3 Å². The van der Waals surface area contributed by atoms with Crippen molar-refractivity contribution in [3.63, 3.8) is 0 Å². The first kappa shape index (κ1) is 10.9. The summed E-state index contributed by atoms with van der Waals surface area (Å²) >= 11 is 1.76. The first-order valence-electron chi connectivity index (χ1n) is 5.95. The normalized spacial score (nSPS) is 17.5. The molecule has 2 nitrogen and oxygen atoms in total. The smallest absolute Gasteiger partial charge is 0.182 e. The van der Waals surface area contributed by atoms with Gasteiger partial charge >= 0.3 is 0 Å². The van der Waals surface area contributed by atoms with Crippen LogP contribution in [0.2, 0.25) is 0 Å². The van der Waals surface area contributed by atoms with E-state index in [1.807, 2.05) is 0 Å². The van der Waals surface area contributed by atoms with Crippen molar-refractivity contribution in [3.05, 3.63) is 11.1 Å². The van der Waals surface area contributed by atoms with Crippen LogP contribution in [0.5, 0.6) is 0 Å². The lowest BCUT2D eigenvalue weighted by Gasteiger charge is -2.06. The zero-order valence-electron chi connectivity index (χ0n) is 9.62. The molecular formula is C12H20N2S. The van der Waals surface area contributed by atoms with E-state index in [4.69, 9.17) is 0 Å². The molecule has 0 amide bonds. The van der Waals surface area contributed by atoms with E-state index in [9.17, 15) is 0 Å². The van der Waals surface area contributed by atoms with Crippen LogP contribution in [0.15, 0.2) is 5.38 Å². The van der Waals surface area contributed by atoms with Gasteiger partial charge in [0.15, 0.2) is 5.13 Å². The van der Waals surface area contributed by atoms with E-state index in [1.165, 1.54) is 31.4 Å². The van der Waals surface area contributed by atoms with E-state index in [0.717, 1.165) is 17.6 Å². The molecule has 1 saturated carbocycles. The first-order valence-corrected chi connectivity index (χ1v) is 6.83. The molecule has 1 N–H and O–H groups in total. The molecule has 84 valence electrons. The summed E-state index contributed by atoms with van der Waals surface area (Å²) in [6.07, 6.45) is 5.45. The molecule has 0 spiro atoms. The van der Waals surface area contributed by atoms with E-state index >= 15 is 0 Å². The molecule has 0 radical (unpaired) electrons. The number of aromatic nitrogens is 1. The molecule has 0 saturated heterocycles. The van der Waals surface area contributed by atoms with Crippen molar-refractivity contribution in [2.24, 2.45) is 5.92 Å². The maximum absolute atomic E-state index is 4.67. The highest BCUT2D eigenvalue weighted by Crippen LogP contribution is 2.35. The van der Waals surface area contributed by atoms with Crippen LogP contribution in [0.25, 0.3) is 0 Å².